The van der Waals surface area contributed by atoms with Crippen molar-refractivity contribution in [3.63, 3.8) is 0 Å². The molecule has 0 saturated carbocycles. The molecule has 2 unspecified atom stereocenters. The summed E-state index contributed by atoms with van der Waals surface area (Å²) in [5, 5.41) is 19.4. The number of halogens is 1. The van der Waals surface area contributed by atoms with Crippen LogP contribution < -0.4 is 0 Å². The number of benzene rings is 1. The summed E-state index contributed by atoms with van der Waals surface area (Å²) in [4.78, 5) is 0. The minimum atomic E-state index is -0.766. The lowest BCUT2D eigenvalue weighted by molar-refractivity contribution is 0.0716. The van der Waals surface area contributed by atoms with Gasteiger partial charge in [-0.15, -0.1) is 0 Å². The van der Waals surface area contributed by atoms with Crippen LogP contribution in [-0.2, 0) is 0 Å². The van der Waals surface area contributed by atoms with Gasteiger partial charge in [0.25, 0.3) is 0 Å². The molecule has 1 aromatic rings. The van der Waals surface area contributed by atoms with E-state index < -0.39 is 11.5 Å². The molecule has 0 aliphatic rings. The van der Waals surface area contributed by atoms with E-state index in [1.54, 1.807) is 6.92 Å². The molecule has 1 rings (SSSR count). The highest BCUT2D eigenvalue weighted by atomic mass is 79.9. The molecule has 0 aromatic heterocycles. The second-order valence-electron chi connectivity index (χ2n) is 4.31. The zero-order valence-electron chi connectivity index (χ0n) is 9.79. The standard InChI is InChI=1S/C13H16BrNO/c1-4-13(3,8-15)12(16)10-6-5-9(2)7-11(10)14/h5-7,12,16H,4H2,1-3H3. The average Bonchev–Trinajstić information content (AvgIpc) is 2.27. The molecule has 0 amide bonds. The van der Waals surface area contributed by atoms with Crippen LogP contribution in [-0.4, -0.2) is 5.11 Å². The van der Waals surface area contributed by atoms with Crippen molar-refractivity contribution in [1.82, 2.24) is 0 Å². The van der Waals surface area contributed by atoms with Gasteiger partial charge in [-0.25, -0.2) is 0 Å². The Hall–Kier alpha value is -0.850. The van der Waals surface area contributed by atoms with Gasteiger partial charge in [-0.2, -0.15) is 5.26 Å². The molecule has 3 heteroatoms. The number of rotatable bonds is 3. The molecule has 0 aliphatic carbocycles. The summed E-state index contributed by atoms with van der Waals surface area (Å²) in [6.45, 7) is 5.68. The van der Waals surface area contributed by atoms with Crippen LogP contribution in [0.3, 0.4) is 0 Å². The number of hydrogen-bond acceptors (Lipinski definition) is 2. The van der Waals surface area contributed by atoms with Crippen LogP contribution in [0.15, 0.2) is 22.7 Å². The molecule has 0 heterocycles. The SMILES string of the molecule is CCC(C)(C#N)C(O)c1ccc(C)cc1Br. The summed E-state index contributed by atoms with van der Waals surface area (Å²) in [7, 11) is 0. The maximum atomic E-state index is 10.3. The van der Waals surface area contributed by atoms with Crippen molar-refractivity contribution >= 4 is 15.9 Å². The van der Waals surface area contributed by atoms with Crippen molar-refractivity contribution in [2.75, 3.05) is 0 Å². The van der Waals surface area contributed by atoms with Crippen LogP contribution in [0.5, 0.6) is 0 Å². The van der Waals surface area contributed by atoms with Crippen molar-refractivity contribution < 1.29 is 5.11 Å². The highest BCUT2D eigenvalue weighted by molar-refractivity contribution is 9.10. The summed E-state index contributed by atoms with van der Waals surface area (Å²) in [6.07, 6.45) is -0.150. The Morgan fingerprint density at radius 3 is 2.62 bits per heavy atom. The predicted octanol–water partition coefficient (Wildman–Crippen LogP) is 3.73. The number of aliphatic hydroxyl groups is 1. The molecule has 0 radical (unpaired) electrons. The Labute approximate surface area is 105 Å². The lowest BCUT2D eigenvalue weighted by Crippen LogP contribution is -2.23. The summed E-state index contributed by atoms with van der Waals surface area (Å²) in [6, 6.07) is 7.96. The number of nitrogens with zero attached hydrogens (tertiary/aromatic N) is 1. The molecule has 1 aromatic carbocycles. The van der Waals surface area contributed by atoms with Gasteiger partial charge in [0, 0.05) is 4.47 Å². The van der Waals surface area contributed by atoms with E-state index >= 15 is 0 Å². The molecular weight excluding hydrogens is 266 g/mol. The predicted molar refractivity (Wildman–Crippen MR) is 67.8 cm³/mol. The first-order valence-corrected chi connectivity index (χ1v) is 6.09. The first-order chi connectivity index (χ1) is 7.44. The molecule has 0 fully saturated rings. The van der Waals surface area contributed by atoms with Gasteiger partial charge in [0.05, 0.1) is 17.6 Å². The minimum Gasteiger partial charge on any atom is -0.387 e. The van der Waals surface area contributed by atoms with Crippen molar-refractivity contribution in [1.29, 1.82) is 5.26 Å². The molecule has 86 valence electrons. The molecule has 1 N–H and O–H groups in total. The van der Waals surface area contributed by atoms with Crippen LogP contribution in [0.25, 0.3) is 0 Å². The molecule has 2 nitrogen and oxygen atoms in total. The maximum absolute atomic E-state index is 10.3. The first kappa shape index (κ1) is 13.2. The Morgan fingerprint density at radius 2 is 2.19 bits per heavy atom. The van der Waals surface area contributed by atoms with Crippen LogP contribution in [0.1, 0.15) is 37.5 Å². The number of nitriles is 1. The fourth-order valence-electron chi connectivity index (χ4n) is 1.53. The van der Waals surface area contributed by atoms with Crippen LogP contribution >= 0.6 is 15.9 Å². The first-order valence-electron chi connectivity index (χ1n) is 5.30. The molecule has 16 heavy (non-hydrogen) atoms. The number of aryl methyl sites for hydroxylation is 1. The quantitative estimate of drug-likeness (QED) is 0.918. The Kier molecular flexibility index (Phi) is 4.12. The summed E-state index contributed by atoms with van der Waals surface area (Å²) >= 11 is 3.43. The maximum Gasteiger partial charge on any atom is 0.0984 e. The van der Waals surface area contributed by atoms with E-state index in [1.807, 2.05) is 32.0 Å². The summed E-state index contributed by atoms with van der Waals surface area (Å²) < 4.78 is 0.856. The van der Waals surface area contributed by atoms with Gasteiger partial charge in [-0.1, -0.05) is 35.0 Å². The number of aliphatic hydroxyl groups excluding tert-OH is 1. The highest BCUT2D eigenvalue weighted by Gasteiger charge is 2.33. The molecule has 0 saturated heterocycles. The highest BCUT2D eigenvalue weighted by Crippen LogP contribution is 2.39. The Morgan fingerprint density at radius 1 is 1.56 bits per heavy atom. The lowest BCUT2D eigenvalue weighted by atomic mass is 9.80. The van der Waals surface area contributed by atoms with E-state index in [2.05, 4.69) is 22.0 Å². The zero-order valence-corrected chi connectivity index (χ0v) is 11.4. The second kappa shape index (κ2) is 4.99. The van der Waals surface area contributed by atoms with Gasteiger partial charge in [0.2, 0.25) is 0 Å². The molecular formula is C13H16BrNO. The van der Waals surface area contributed by atoms with Crippen LogP contribution in [0, 0.1) is 23.7 Å². The molecule has 0 spiro atoms. The third-order valence-corrected chi connectivity index (χ3v) is 3.73. The smallest absolute Gasteiger partial charge is 0.0984 e. The third-order valence-electron chi connectivity index (χ3n) is 3.04. The fourth-order valence-corrected chi connectivity index (χ4v) is 2.24. The molecule has 0 aliphatic heterocycles. The van der Waals surface area contributed by atoms with Gasteiger partial charge in [0.15, 0.2) is 0 Å². The van der Waals surface area contributed by atoms with E-state index in [0.29, 0.717) is 6.42 Å². The van der Waals surface area contributed by atoms with E-state index in [-0.39, 0.29) is 0 Å². The van der Waals surface area contributed by atoms with Crippen LogP contribution in [0.4, 0.5) is 0 Å². The Bertz CT molecular complexity index is 424. The van der Waals surface area contributed by atoms with Gasteiger partial charge in [-0.3, -0.25) is 0 Å². The van der Waals surface area contributed by atoms with E-state index in [4.69, 9.17) is 5.26 Å². The van der Waals surface area contributed by atoms with Gasteiger partial charge >= 0.3 is 0 Å². The van der Waals surface area contributed by atoms with E-state index in [1.165, 1.54) is 0 Å². The molecule has 0 bridgehead atoms. The lowest BCUT2D eigenvalue weighted by Gasteiger charge is -2.27. The van der Waals surface area contributed by atoms with E-state index in [0.717, 1.165) is 15.6 Å². The van der Waals surface area contributed by atoms with Gasteiger partial charge in [-0.05, 0) is 37.5 Å². The zero-order chi connectivity index (χ0) is 12.3. The third kappa shape index (κ3) is 2.45. The van der Waals surface area contributed by atoms with Crippen molar-refractivity contribution in [3.8, 4) is 6.07 Å². The number of hydrogen-bond donors (Lipinski definition) is 1. The average molecular weight is 282 g/mol. The topological polar surface area (TPSA) is 44.0 Å². The van der Waals surface area contributed by atoms with Crippen molar-refractivity contribution in [3.05, 3.63) is 33.8 Å². The fraction of sp³-hybridized carbons (Fsp3) is 0.462. The van der Waals surface area contributed by atoms with Gasteiger partial charge in [0.1, 0.15) is 0 Å². The normalized spacial score (nSPS) is 16.2. The van der Waals surface area contributed by atoms with Gasteiger partial charge < -0.3 is 5.11 Å². The second-order valence-corrected chi connectivity index (χ2v) is 5.16. The summed E-state index contributed by atoms with van der Waals surface area (Å²) in [5.74, 6) is 0. The van der Waals surface area contributed by atoms with Crippen molar-refractivity contribution in [2.45, 2.75) is 33.3 Å². The Balaban J connectivity index is 3.15. The van der Waals surface area contributed by atoms with Crippen LogP contribution in [0.2, 0.25) is 0 Å². The minimum absolute atomic E-state index is 0.616. The van der Waals surface area contributed by atoms with Crippen molar-refractivity contribution in [2.24, 2.45) is 5.41 Å². The summed E-state index contributed by atoms with van der Waals surface area (Å²) in [5.41, 5.74) is 1.16. The largest absolute Gasteiger partial charge is 0.387 e. The van der Waals surface area contributed by atoms with E-state index in [9.17, 15) is 5.11 Å². The monoisotopic (exact) mass is 281 g/mol. The molecule has 2 atom stereocenters.